The Morgan fingerprint density at radius 3 is 2.29 bits per heavy atom. The van der Waals surface area contributed by atoms with Gasteiger partial charge in [-0.2, -0.15) is 0 Å². The molecule has 1 aliphatic carbocycles. The summed E-state index contributed by atoms with van der Waals surface area (Å²) in [6, 6.07) is 13.6. The molecular formula is C57H77N11O6S2. The van der Waals surface area contributed by atoms with Crippen molar-refractivity contribution in [3.63, 3.8) is 0 Å². The molecule has 5 amide bonds. The van der Waals surface area contributed by atoms with Crippen molar-refractivity contribution < 1.29 is 29.1 Å². The van der Waals surface area contributed by atoms with E-state index in [-0.39, 0.29) is 71.3 Å². The lowest BCUT2D eigenvalue weighted by molar-refractivity contribution is -0.160. The van der Waals surface area contributed by atoms with Crippen LogP contribution in [0.1, 0.15) is 116 Å². The molecule has 0 radical (unpaired) electrons. The lowest BCUT2D eigenvalue weighted by atomic mass is 9.72. The molecule has 0 unspecified atom stereocenters. The first-order valence-electron chi connectivity index (χ1n) is 27.3. The molecule has 4 aromatic rings. The number of amides is 5. The molecule has 0 bridgehead atoms. The molecule has 1 spiro atoms. The van der Waals surface area contributed by atoms with Gasteiger partial charge in [-0.3, -0.25) is 24.0 Å². The topological polar surface area (TPSA) is 219 Å². The lowest BCUT2D eigenvalue weighted by Crippen LogP contribution is -2.73. The summed E-state index contributed by atoms with van der Waals surface area (Å²) in [5.41, 5.74) is 11.2. The number of thiazole rings is 1. The number of nitrogens with two attached hydrogens (primary N) is 1. The summed E-state index contributed by atoms with van der Waals surface area (Å²) in [5, 5.41) is 20.5. The number of carbonyl (C=O) groups excluding carboxylic acids is 5. The predicted octanol–water partition coefficient (Wildman–Crippen LogP) is 6.81. The van der Waals surface area contributed by atoms with Gasteiger partial charge in [-0.05, 0) is 94.2 Å². The quantitative estimate of drug-likeness (QED) is 0.0576. The van der Waals surface area contributed by atoms with Crippen LogP contribution in [-0.4, -0.2) is 140 Å². The zero-order valence-electron chi connectivity index (χ0n) is 45.1. The van der Waals surface area contributed by atoms with Crippen LogP contribution < -0.4 is 26.6 Å². The van der Waals surface area contributed by atoms with E-state index in [1.54, 1.807) is 17.5 Å². The van der Waals surface area contributed by atoms with Gasteiger partial charge in [0.2, 0.25) is 29.5 Å². The van der Waals surface area contributed by atoms with Crippen molar-refractivity contribution in [2.24, 2.45) is 28.4 Å². The number of unbranched alkanes of at least 4 members (excludes halogenated alkanes) is 4. The molecule has 9 rings (SSSR count). The van der Waals surface area contributed by atoms with Gasteiger partial charge in [0.1, 0.15) is 22.9 Å². The number of piperidine rings is 1. The maximum Gasteiger partial charge on any atom is 0.246 e. The molecule has 19 heteroatoms. The Balaban J connectivity index is 0.627. The zero-order valence-corrected chi connectivity index (χ0v) is 46.7. The Hall–Kier alpha value is -5.47. The lowest BCUT2D eigenvalue weighted by Gasteiger charge is -2.60. The van der Waals surface area contributed by atoms with Crippen molar-refractivity contribution in [2.45, 2.75) is 145 Å². The van der Waals surface area contributed by atoms with Gasteiger partial charge in [0.15, 0.2) is 0 Å². The second-order valence-corrected chi connectivity index (χ2v) is 25.7. The number of rotatable bonds is 20. The molecule has 4 aliphatic heterocycles. The number of hydrogen-bond acceptors (Lipinski definition) is 14. The van der Waals surface area contributed by atoms with Crippen molar-refractivity contribution in [1.82, 2.24) is 40.3 Å². The second kappa shape index (κ2) is 23.2. The number of aliphatic hydroxyl groups excluding tert-OH is 1. The van der Waals surface area contributed by atoms with Gasteiger partial charge in [-0.25, -0.2) is 15.0 Å². The van der Waals surface area contributed by atoms with Crippen LogP contribution in [0.25, 0.3) is 10.4 Å². The number of aromatic nitrogens is 3. The average molecular weight is 1080 g/mol. The molecule has 6 atom stereocenters. The van der Waals surface area contributed by atoms with Gasteiger partial charge in [0.25, 0.3) is 0 Å². The van der Waals surface area contributed by atoms with Crippen molar-refractivity contribution >= 4 is 64.1 Å². The number of nitrogens with zero attached hydrogens (tertiary/aromatic N) is 7. The number of aryl methyl sites for hydroxylation is 1. The standard InChI is InChI=1S/C57H77N11O6S2/c1-36(38-16-18-39(19-17-38)49-37(2)61-35-75-49)62-52(72)45-26-41(69)30-68(45)54(74)50(55(3,4)5)64-47(70)15-10-8-7-9-11-22-65-31-57(32-65)33-67(34-57)53(73)44-27-43(44)51(71)63-40-13-12-14-42(25-40)76-48-29-59-46(28-60-48)66-23-20-56(6,58)21-24-66/h12-14,16-19,25,28-29,35-36,41,43-45,50,69H,7-11,15,20-24,26-27,30-34,58H2,1-6H3,(H,62,72)(H,63,71)(H,64,70)/t36-,41+,43+,44+,45-,50+/m0/s1. The molecule has 6 heterocycles. The number of anilines is 2. The molecule has 17 nitrogen and oxygen atoms in total. The smallest absolute Gasteiger partial charge is 0.246 e. The third-order valence-electron chi connectivity index (χ3n) is 16.0. The van der Waals surface area contributed by atoms with Crippen molar-refractivity contribution in [2.75, 3.05) is 62.6 Å². The number of β-amino-alcohol motifs (C(OH)–C–C–N with tert-alkyl or cyclic N) is 1. The third kappa shape index (κ3) is 13.4. The van der Waals surface area contributed by atoms with E-state index in [1.165, 1.54) is 16.7 Å². The Morgan fingerprint density at radius 2 is 1.61 bits per heavy atom. The second-order valence-electron chi connectivity index (χ2n) is 23.7. The summed E-state index contributed by atoms with van der Waals surface area (Å²) in [4.78, 5) is 91.5. The van der Waals surface area contributed by atoms with Crippen LogP contribution in [0.4, 0.5) is 11.5 Å². The van der Waals surface area contributed by atoms with Crippen molar-refractivity contribution in [3.05, 3.63) is 77.7 Å². The number of aliphatic hydroxyl groups is 1. The highest BCUT2D eigenvalue weighted by molar-refractivity contribution is 7.99. The first-order valence-corrected chi connectivity index (χ1v) is 29.0. The monoisotopic (exact) mass is 1080 g/mol. The summed E-state index contributed by atoms with van der Waals surface area (Å²) in [7, 11) is 0. The molecule has 2 aromatic carbocycles. The van der Waals surface area contributed by atoms with E-state index >= 15 is 0 Å². The van der Waals surface area contributed by atoms with Crippen LogP contribution in [0.2, 0.25) is 0 Å². The van der Waals surface area contributed by atoms with Gasteiger partial charge in [-0.1, -0.05) is 82.1 Å². The molecule has 408 valence electrons. The predicted molar refractivity (Wildman–Crippen MR) is 296 cm³/mol. The fraction of sp³-hybridized carbons (Fsp3) is 0.579. The maximum atomic E-state index is 14.1. The van der Waals surface area contributed by atoms with E-state index in [9.17, 15) is 29.1 Å². The minimum atomic E-state index is -0.861. The molecule has 76 heavy (non-hydrogen) atoms. The molecule has 1 saturated carbocycles. The first kappa shape index (κ1) is 55.3. The summed E-state index contributed by atoms with van der Waals surface area (Å²) in [6.45, 7) is 17.9. The summed E-state index contributed by atoms with van der Waals surface area (Å²) >= 11 is 3.07. The Bertz CT molecular complexity index is 2710. The van der Waals surface area contributed by atoms with E-state index in [2.05, 4.69) is 47.6 Å². The Labute approximate surface area is 455 Å². The van der Waals surface area contributed by atoms with E-state index in [1.807, 2.05) is 99.8 Å². The van der Waals surface area contributed by atoms with Crippen LogP contribution >= 0.6 is 23.1 Å². The number of likely N-dealkylation sites (tertiary alicyclic amines) is 3. The van der Waals surface area contributed by atoms with Gasteiger partial charge in [0.05, 0.1) is 52.5 Å². The fourth-order valence-electron chi connectivity index (χ4n) is 11.3. The van der Waals surface area contributed by atoms with Gasteiger partial charge < -0.3 is 46.4 Å². The molecule has 5 aliphatic rings. The number of carbonyl (C=O) groups is 5. The number of nitrogens with one attached hydrogen (secondary N) is 3. The molecule has 6 N–H and O–H groups in total. The SMILES string of the molecule is Cc1ncsc1-c1ccc([C@H](C)NC(=O)[C@@H]2C[C@@H](O)CN2C(=O)[C@@H](NC(=O)CCCCCCCN2CC3(C2)CN(C(=O)[C@@H]2C[C@H]2C(=O)Nc2cccc(Sc4cnc(N5CCC(C)(N)CC5)cn4)c2)C3)C(C)(C)C)cc1. The van der Waals surface area contributed by atoms with Gasteiger partial charge >= 0.3 is 0 Å². The minimum Gasteiger partial charge on any atom is -0.391 e. The fourth-order valence-corrected chi connectivity index (χ4v) is 12.9. The van der Waals surface area contributed by atoms with Crippen molar-refractivity contribution in [3.8, 4) is 10.4 Å². The molecular weight excluding hydrogens is 999 g/mol. The summed E-state index contributed by atoms with van der Waals surface area (Å²) in [5.74, 6) is -0.619. The molecule has 4 saturated heterocycles. The van der Waals surface area contributed by atoms with E-state index in [0.29, 0.717) is 24.9 Å². The summed E-state index contributed by atoms with van der Waals surface area (Å²) in [6.07, 6.45) is 10.3. The number of hydrogen-bond donors (Lipinski definition) is 5. The highest BCUT2D eigenvalue weighted by Crippen LogP contribution is 2.46. The van der Waals surface area contributed by atoms with Gasteiger partial charge in [0, 0.05) is 80.2 Å². The minimum absolute atomic E-state index is 0.0253. The van der Waals surface area contributed by atoms with Gasteiger partial charge in [-0.15, -0.1) is 11.3 Å². The Kier molecular flexibility index (Phi) is 16.9. The average Bonchev–Trinajstić information content (AvgIpc) is 3.92. The van der Waals surface area contributed by atoms with Crippen LogP contribution in [-0.2, 0) is 24.0 Å². The number of benzene rings is 2. The third-order valence-corrected chi connectivity index (χ3v) is 17.9. The zero-order chi connectivity index (χ0) is 53.9. The maximum absolute atomic E-state index is 14.1. The van der Waals surface area contributed by atoms with Crippen LogP contribution in [0.5, 0.6) is 0 Å². The molecule has 5 fully saturated rings. The van der Waals surface area contributed by atoms with E-state index < -0.39 is 23.6 Å². The normalized spacial score (nSPS) is 22.6. The largest absolute Gasteiger partial charge is 0.391 e. The molecule has 2 aromatic heterocycles. The first-order chi connectivity index (χ1) is 36.2. The van der Waals surface area contributed by atoms with E-state index in [4.69, 9.17) is 5.73 Å². The van der Waals surface area contributed by atoms with Crippen LogP contribution in [0.15, 0.2) is 76.4 Å². The Morgan fingerprint density at radius 1 is 0.882 bits per heavy atom. The highest BCUT2D eigenvalue weighted by atomic mass is 32.2. The van der Waals surface area contributed by atoms with Crippen LogP contribution in [0, 0.1) is 29.6 Å². The van der Waals surface area contributed by atoms with Crippen LogP contribution in [0.3, 0.4) is 0 Å². The summed E-state index contributed by atoms with van der Waals surface area (Å²) < 4.78 is 0. The van der Waals surface area contributed by atoms with E-state index in [0.717, 1.165) is 122 Å². The van der Waals surface area contributed by atoms with Crippen molar-refractivity contribution in [1.29, 1.82) is 0 Å². The highest BCUT2D eigenvalue weighted by Gasteiger charge is 2.57.